The van der Waals surface area contributed by atoms with Crippen LogP contribution in [-0.2, 0) is 22.7 Å². The van der Waals surface area contributed by atoms with Crippen molar-refractivity contribution in [3.05, 3.63) is 95.8 Å². The summed E-state index contributed by atoms with van der Waals surface area (Å²) in [5.74, 6) is -0.390. The van der Waals surface area contributed by atoms with Crippen LogP contribution in [0.3, 0.4) is 0 Å². The van der Waals surface area contributed by atoms with E-state index in [2.05, 4.69) is 4.98 Å². The molecule has 0 aliphatic carbocycles. The Morgan fingerprint density at radius 3 is 2.45 bits per heavy atom. The molecule has 0 fully saturated rings. The fourth-order valence-electron chi connectivity index (χ4n) is 2.99. The van der Waals surface area contributed by atoms with Gasteiger partial charge in [0.05, 0.1) is 23.3 Å². The van der Waals surface area contributed by atoms with E-state index in [9.17, 15) is 9.18 Å². The van der Waals surface area contributed by atoms with Gasteiger partial charge in [-0.2, -0.15) is 0 Å². The molecule has 4 rings (SSSR count). The summed E-state index contributed by atoms with van der Waals surface area (Å²) in [4.78, 5) is 16.9. The van der Waals surface area contributed by atoms with E-state index in [1.165, 1.54) is 23.9 Å². The van der Waals surface area contributed by atoms with Gasteiger partial charge in [-0.1, -0.05) is 66.4 Å². The number of aromatic nitrogens is 2. The third-order valence-electron chi connectivity index (χ3n) is 4.44. The fourth-order valence-corrected chi connectivity index (χ4v) is 3.80. The minimum atomic E-state index is -0.292. The van der Waals surface area contributed by atoms with Crippen LogP contribution in [0.2, 0.25) is 0 Å². The normalized spacial score (nSPS) is 10.9. The molecule has 3 aromatic carbocycles. The highest BCUT2D eigenvalue weighted by Crippen LogP contribution is 2.25. The molecule has 29 heavy (non-hydrogen) atoms. The highest BCUT2D eigenvalue weighted by Gasteiger charge is 2.14. The first-order valence-electron chi connectivity index (χ1n) is 9.21. The number of nitrogens with zero attached hydrogens (tertiary/aromatic N) is 2. The van der Waals surface area contributed by atoms with Crippen molar-refractivity contribution in [3.8, 4) is 0 Å². The van der Waals surface area contributed by atoms with E-state index >= 15 is 0 Å². The fraction of sp³-hybridized carbons (Fsp3) is 0.130. The molecule has 0 saturated heterocycles. The van der Waals surface area contributed by atoms with Crippen LogP contribution in [0.25, 0.3) is 11.0 Å². The summed E-state index contributed by atoms with van der Waals surface area (Å²) in [5.41, 5.74) is 3.74. The van der Waals surface area contributed by atoms with E-state index < -0.39 is 0 Å². The number of hydrogen-bond donors (Lipinski definition) is 0. The van der Waals surface area contributed by atoms with Gasteiger partial charge in [0, 0.05) is 0 Å². The number of para-hydroxylation sites is 2. The average molecular weight is 406 g/mol. The third kappa shape index (κ3) is 4.84. The van der Waals surface area contributed by atoms with Crippen molar-refractivity contribution in [2.75, 3.05) is 5.75 Å². The topological polar surface area (TPSA) is 44.1 Å². The van der Waals surface area contributed by atoms with Crippen LogP contribution < -0.4 is 0 Å². The Balaban J connectivity index is 1.47. The average Bonchev–Trinajstić information content (AvgIpc) is 3.10. The molecule has 0 amide bonds. The molecule has 6 heteroatoms. The number of carbonyl (C=O) groups is 1. The smallest absolute Gasteiger partial charge is 0.316 e. The molecule has 0 saturated carbocycles. The first kappa shape index (κ1) is 19.2. The number of fused-ring (bicyclic) bond motifs is 1. The molecule has 4 nitrogen and oxygen atoms in total. The summed E-state index contributed by atoms with van der Waals surface area (Å²) < 4.78 is 20.6. The molecule has 4 aromatic rings. The molecule has 0 atom stereocenters. The number of rotatable bonds is 7. The second-order valence-electron chi connectivity index (χ2n) is 6.53. The Morgan fingerprint density at radius 2 is 1.66 bits per heavy atom. The lowest BCUT2D eigenvalue weighted by Gasteiger charge is -2.09. The lowest BCUT2D eigenvalue weighted by molar-refractivity contribution is -0.141. The van der Waals surface area contributed by atoms with Crippen LogP contribution in [0.5, 0.6) is 0 Å². The van der Waals surface area contributed by atoms with Crippen LogP contribution in [0, 0.1) is 5.82 Å². The third-order valence-corrected chi connectivity index (χ3v) is 5.39. The second-order valence-corrected chi connectivity index (χ2v) is 7.47. The molecule has 0 aliphatic rings. The molecular weight excluding hydrogens is 387 g/mol. The predicted octanol–water partition coefficient (Wildman–Crippen LogP) is 5.06. The van der Waals surface area contributed by atoms with Gasteiger partial charge in [0.1, 0.15) is 12.4 Å². The van der Waals surface area contributed by atoms with Gasteiger partial charge in [-0.3, -0.25) is 4.79 Å². The van der Waals surface area contributed by atoms with Crippen molar-refractivity contribution in [3.63, 3.8) is 0 Å². The van der Waals surface area contributed by atoms with Crippen molar-refractivity contribution in [2.24, 2.45) is 0 Å². The summed E-state index contributed by atoms with van der Waals surface area (Å²) in [5, 5.41) is 0.729. The molecule has 0 N–H and O–H groups in total. The number of esters is 1. The Kier molecular flexibility index (Phi) is 5.91. The Bertz CT molecular complexity index is 1110. The highest BCUT2D eigenvalue weighted by molar-refractivity contribution is 7.99. The van der Waals surface area contributed by atoms with Crippen LogP contribution in [-0.4, -0.2) is 21.3 Å². The van der Waals surface area contributed by atoms with E-state index in [0.717, 1.165) is 27.3 Å². The van der Waals surface area contributed by atoms with Gasteiger partial charge >= 0.3 is 5.97 Å². The molecule has 1 heterocycles. The number of imidazole rings is 1. The molecule has 0 aliphatic heterocycles. The van der Waals surface area contributed by atoms with Crippen LogP contribution in [0.4, 0.5) is 4.39 Å². The molecule has 0 bridgehead atoms. The van der Waals surface area contributed by atoms with Gasteiger partial charge in [0.25, 0.3) is 0 Å². The number of halogens is 1. The molecule has 146 valence electrons. The minimum absolute atomic E-state index is 0.166. The van der Waals surface area contributed by atoms with E-state index in [0.29, 0.717) is 6.54 Å². The Labute approximate surface area is 172 Å². The molecular formula is C23H19FN2O2S. The van der Waals surface area contributed by atoms with E-state index in [4.69, 9.17) is 4.74 Å². The molecule has 0 unspecified atom stereocenters. The summed E-state index contributed by atoms with van der Waals surface area (Å²) >= 11 is 1.34. The lowest BCUT2D eigenvalue weighted by Crippen LogP contribution is -2.09. The van der Waals surface area contributed by atoms with Crippen molar-refractivity contribution in [1.29, 1.82) is 0 Å². The largest absolute Gasteiger partial charge is 0.460 e. The Hall–Kier alpha value is -3.12. The number of carbonyl (C=O) groups excluding carboxylic acids is 1. The van der Waals surface area contributed by atoms with Gasteiger partial charge in [0.2, 0.25) is 0 Å². The lowest BCUT2D eigenvalue weighted by atomic mass is 10.2. The predicted molar refractivity (Wildman–Crippen MR) is 112 cm³/mol. The quantitative estimate of drug-likeness (QED) is 0.318. The summed E-state index contributed by atoms with van der Waals surface area (Å²) in [7, 11) is 0. The van der Waals surface area contributed by atoms with Crippen LogP contribution >= 0.6 is 11.8 Å². The maximum Gasteiger partial charge on any atom is 0.316 e. The zero-order chi connectivity index (χ0) is 20.1. The van der Waals surface area contributed by atoms with Gasteiger partial charge < -0.3 is 9.30 Å². The molecule has 0 radical (unpaired) electrons. The zero-order valence-electron chi connectivity index (χ0n) is 15.6. The van der Waals surface area contributed by atoms with Crippen molar-refractivity contribution >= 4 is 28.8 Å². The Morgan fingerprint density at radius 1 is 0.931 bits per heavy atom. The van der Waals surface area contributed by atoms with E-state index in [1.807, 2.05) is 59.2 Å². The number of ether oxygens (including phenoxy) is 1. The maximum absolute atomic E-state index is 13.2. The molecule has 0 spiro atoms. The zero-order valence-corrected chi connectivity index (χ0v) is 16.4. The number of thioether (sulfide) groups is 1. The van der Waals surface area contributed by atoms with Gasteiger partial charge in [-0.05, 0) is 35.4 Å². The van der Waals surface area contributed by atoms with Crippen molar-refractivity contribution < 1.29 is 13.9 Å². The summed E-state index contributed by atoms with van der Waals surface area (Å²) in [6.45, 7) is 0.800. The van der Waals surface area contributed by atoms with E-state index in [1.54, 1.807) is 12.1 Å². The number of benzene rings is 3. The standard InChI is InChI=1S/C23H19FN2O2S/c24-19-12-10-17(11-13-19)14-26-21-9-5-4-8-20(21)25-23(26)29-16-22(27)28-15-18-6-2-1-3-7-18/h1-13H,14-16H2. The monoisotopic (exact) mass is 406 g/mol. The minimum Gasteiger partial charge on any atom is -0.460 e. The highest BCUT2D eigenvalue weighted by atomic mass is 32.2. The van der Waals surface area contributed by atoms with Gasteiger partial charge in [-0.25, -0.2) is 9.37 Å². The van der Waals surface area contributed by atoms with Gasteiger partial charge in [0.15, 0.2) is 5.16 Å². The second kappa shape index (κ2) is 8.92. The first-order chi connectivity index (χ1) is 14.2. The van der Waals surface area contributed by atoms with E-state index in [-0.39, 0.29) is 24.1 Å². The van der Waals surface area contributed by atoms with Crippen LogP contribution in [0.1, 0.15) is 11.1 Å². The summed E-state index contributed by atoms with van der Waals surface area (Å²) in [6.07, 6.45) is 0. The van der Waals surface area contributed by atoms with Gasteiger partial charge in [-0.15, -0.1) is 0 Å². The van der Waals surface area contributed by atoms with Crippen molar-refractivity contribution in [1.82, 2.24) is 9.55 Å². The molecule has 1 aromatic heterocycles. The maximum atomic E-state index is 13.2. The number of hydrogen-bond acceptors (Lipinski definition) is 4. The first-order valence-corrected chi connectivity index (χ1v) is 10.2. The van der Waals surface area contributed by atoms with Crippen molar-refractivity contribution in [2.45, 2.75) is 18.3 Å². The van der Waals surface area contributed by atoms with Crippen LogP contribution in [0.15, 0.2) is 84.0 Å². The summed E-state index contributed by atoms with van der Waals surface area (Å²) in [6, 6.07) is 23.8. The SMILES string of the molecule is O=C(CSc1nc2ccccc2n1Cc1ccc(F)cc1)OCc1ccccc1.